The van der Waals surface area contributed by atoms with E-state index in [9.17, 15) is 13.2 Å². The van der Waals surface area contributed by atoms with Crippen molar-refractivity contribution in [3.05, 3.63) is 29.6 Å². The fourth-order valence-corrected chi connectivity index (χ4v) is 2.43. The van der Waals surface area contributed by atoms with Crippen LogP contribution >= 0.6 is 0 Å². The van der Waals surface area contributed by atoms with Crippen LogP contribution in [0.15, 0.2) is 12.1 Å². The van der Waals surface area contributed by atoms with Crippen molar-refractivity contribution in [2.45, 2.75) is 25.3 Å². The van der Waals surface area contributed by atoms with Crippen molar-refractivity contribution in [3.8, 4) is 5.75 Å². The van der Waals surface area contributed by atoms with E-state index < -0.39 is 23.2 Å². The summed E-state index contributed by atoms with van der Waals surface area (Å²) in [5, 5.41) is 12.4. The first kappa shape index (κ1) is 15.1. The third kappa shape index (κ3) is 3.86. The molecule has 0 radical (unpaired) electrons. The summed E-state index contributed by atoms with van der Waals surface area (Å²) in [6, 6.07) is 1.49. The molecule has 2 rings (SSSR count). The van der Waals surface area contributed by atoms with Crippen molar-refractivity contribution in [2.75, 3.05) is 19.8 Å². The van der Waals surface area contributed by atoms with Gasteiger partial charge in [0.1, 0.15) is 5.82 Å². The zero-order valence-electron chi connectivity index (χ0n) is 11.0. The van der Waals surface area contributed by atoms with Crippen LogP contribution in [0.2, 0.25) is 0 Å². The van der Waals surface area contributed by atoms with Crippen molar-refractivity contribution >= 4 is 0 Å². The summed E-state index contributed by atoms with van der Waals surface area (Å²) in [5.74, 6) is -3.43. The number of halogens is 3. The molecule has 2 N–H and O–H groups in total. The second kappa shape index (κ2) is 6.95. The van der Waals surface area contributed by atoms with Gasteiger partial charge in [-0.05, 0) is 31.7 Å². The number of aliphatic hydroxyl groups is 1. The first-order valence-corrected chi connectivity index (χ1v) is 6.71. The summed E-state index contributed by atoms with van der Waals surface area (Å²) in [6.45, 7) is 1.14. The summed E-state index contributed by atoms with van der Waals surface area (Å²) >= 11 is 0. The Morgan fingerprint density at radius 1 is 1.30 bits per heavy atom. The maximum Gasteiger partial charge on any atom is 0.200 e. The van der Waals surface area contributed by atoms with Gasteiger partial charge in [0.25, 0.3) is 0 Å². The number of benzene rings is 1. The summed E-state index contributed by atoms with van der Waals surface area (Å²) in [7, 11) is 0. The molecular formula is C14H18F3NO2. The molecule has 1 aliphatic heterocycles. The molecule has 2 atom stereocenters. The molecule has 0 bridgehead atoms. The van der Waals surface area contributed by atoms with Gasteiger partial charge < -0.3 is 15.2 Å². The second-order valence-corrected chi connectivity index (χ2v) is 5.06. The van der Waals surface area contributed by atoms with E-state index in [0.717, 1.165) is 25.5 Å². The first-order valence-electron chi connectivity index (χ1n) is 6.71. The molecule has 0 amide bonds. The molecule has 0 saturated carbocycles. The maximum atomic E-state index is 13.3. The number of hydrogen-bond acceptors (Lipinski definition) is 3. The number of ether oxygens (including phenoxy) is 1. The van der Waals surface area contributed by atoms with Gasteiger partial charge in [0, 0.05) is 24.8 Å². The van der Waals surface area contributed by atoms with Crippen molar-refractivity contribution in [3.63, 3.8) is 0 Å². The molecule has 0 spiro atoms. The minimum absolute atomic E-state index is 0.156. The van der Waals surface area contributed by atoms with Crippen LogP contribution in [-0.2, 0) is 0 Å². The van der Waals surface area contributed by atoms with E-state index in [0.29, 0.717) is 12.5 Å². The monoisotopic (exact) mass is 289 g/mol. The topological polar surface area (TPSA) is 41.5 Å². The fraction of sp³-hybridized carbons (Fsp3) is 0.571. The van der Waals surface area contributed by atoms with Gasteiger partial charge in [0.2, 0.25) is 5.82 Å². The predicted molar refractivity (Wildman–Crippen MR) is 68.0 cm³/mol. The van der Waals surface area contributed by atoms with E-state index in [2.05, 4.69) is 5.32 Å². The van der Waals surface area contributed by atoms with E-state index in [1.165, 1.54) is 0 Å². The van der Waals surface area contributed by atoms with Crippen molar-refractivity contribution in [2.24, 2.45) is 5.92 Å². The number of rotatable bonds is 5. The predicted octanol–water partition coefficient (Wildman–Crippen LogP) is 2.23. The van der Waals surface area contributed by atoms with Gasteiger partial charge in [0.15, 0.2) is 11.6 Å². The van der Waals surface area contributed by atoms with E-state index >= 15 is 0 Å². The van der Waals surface area contributed by atoms with Crippen LogP contribution in [0.1, 0.15) is 19.3 Å². The van der Waals surface area contributed by atoms with E-state index in [1.54, 1.807) is 0 Å². The van der Waals surface area contributed by atoms with Crippen LogP contribution in [0.4, 0.5) is 13.2 Å². The molecule has 112 valence electrons. The fourth-order valence-electron chi connectivity index (χ4n) is 2.43. The van der Waals surface area contributed by atoms with Crippen molar-refractivity contribution in [1.29, 1.82) is 0 Å². The molecule has 1 heterocycles. The molecule has 3 nitrogen and oxygen atoms in total. The maximum absolute atomic E-state index is 13.3. The van der Waals surface area contributed by atoms with Crippen LogP contribution in [0.5, 0.6) is 5.75 Å². The summed E-state index contributed by atoms with van der Waals surface area (Å²) < 4.78 is 44.4. The highest BCUT2D eigenvalue weighted by Gasteiger charge is 2.21. The molecule has 1 aromatic carbocycles. The average molecular weight is 289 g/mol. The Kier molecular flexibility index (Phi) is 5.25. The van der Waals surface area contributed by atoms with Crippen LogP contribution in [0, 0.1) is 23.4 Å². The Hall–Kier alpha value is -1.27. The molecule has 0 aliphatic carbocycles. The standard InChI is InChI=1S/C14H18F3NO2/c15-10-6-12(16)14(17)13(7-10)20-4-2-11-5-9(8-19)1-3-18-11/h6-7,9,11,18-19H,1-5,8H2. The smallest absolute Gasteiger partial charge is 0.200 e. The van der Waals surface area contributed by atoms with Gasteiger partial charge in [-0.15, -0.1) is 0 Å². The lowest BCUT2D eigenvalue weighted by atomic mass is 9.92. The third-order valence-corrected chi connectivity index (χ3v) is 3.55. The Morgan fingerprint density at radius 3 is 2.85 bits per heavy atom. The quantitative estimate of drug-likeness (QED) is 0.817. The number of piperidine rings is 1. The highest BCUT2D eigenvalue weighted by atomic mass is 19.2. The molecule has 6 heteroatoms. The summed E-state index contributed by atoms with van der Waals surface area (Å²) in [6.07, 6.45) is 2.34. The largest absolute Gasteiger partial charge is 0.490 e. The summed E-state index contributed by atoms with van der Waals surface area (Å²) in [4.78, 5) is 0. The lowest BCUT2D eigenvalue weighted by molar-refractivity contribution is 0.163. The van der Waals surface area contributed by atoms with Crippen LogP contribution in [-0.4, -0.2) is 30.9 Å². The van der Waals surface area contributed by atoms with Gasteiger partial charge in [-0.2, -0.15) is 4.39 Å². The first-order chi connectivity index (χ1) is 9.60. The van der Waals surface area contributed by atoms with Crippen LogP contribution in [0.25, 0.3) is 0 Å². The van der Waals surface area contributed by atoms with E-state index in [1.807, 2.05) is 0 Å². The van der Waals surface area contributed by atoms with Gasteiger partial charge >= 0.3 is 0 Å². The lowest BCUT2D eigenvalue weighted by Gasteiger charge is -2.29. The zero-order valence-corrected chi connectivity index (χ0v) is 11.0. The highest BCUT2D eigenvalue weighted by Crippen LogP contribution is 2.22. The Bertz CT molecular complexity index is 456. The SMILES string of the molecule is OCC1CCNC(CCOc2cc(F)cc(F)c2F)C1. The molecule has 1 aromatic rings. The van der Waals surface area contributed by atoms with Crippen LogP contribution < -0.4 is 10.1 Å². The normalized spacial score (nSPS) is 22.8. The number of nitrogens with one attached hydrogen (secondary N) is 1. The minimum Gasteiger partial charge on any atom is -0.490 e. The molecule has 20 heavy (non-hydrogen) atoms. The van der Waals surface area contributed by atoms with Gasteiger partial charge in [-0.3, -0.25) is 0 Å². The molecule has 0 aromatic heterocycles. The molecule has 2 unspecified atom stereocenters. The van der Waals surface area contributed by atoms with Crippen molar-refractivity contribution in [1.82, 2.24) is 5.32 Å². The lowest BCUT2D eigenvalue weighted by Crippen LogP contribution is -2.39. The number of aliphatic hydroxyl groups excluding tert-OH is 1. The Balaban J connectivity index is 1.84. The second-order valence-electron chi connectivity index (χ2n) is 5.06. The zero-order chi connectivity index (χ0) is 14.5. The van der Waals surface area contributed by atoms with E-state index in [-0.39, 0.29) is 25.2 Å². The van der Waals surface area contributed by atoms with Crippen LogP contribution in [0.3, 0.4) is 0 Å². The van der Waals surface area contributed by atoms with E-state index in [4.69, 9.17) is 9.84 Å². The minimum atomic E-state index is -1.25. The third-order valence-electron chi connectivity index (χ3n) is 3.55. The molecule has 1 saturated heterocycles. The molecular weight excluding hydrogens is 271 g/mol. The van der Waals surface area contributed by atoms with Gasteiger partial charge in [-0.25, -0.2) is 8.78 Å². The summed E-state index contributed by atoms with van der Waals surface area (Å²) in [5.41, 5.74) is 0. The molecule has 1 fully saturated rings. The van der Waals surface area contributed by atoms with Crippen molar-refractivity contribution < 1.29 is 23.0 Å². The Morgan fingerprint density at radius 2 is 2.10 bits per heavy atom. The Labute approximate surface area is 115 Å². The van der Waals surface area contributed by atoms with Gasteiger partial charge in [-0.1, -0.05) is 0 Å². The average Bonchev–Trinajstić information content (AvgIpc) is 2.44. The highest BCUT2D eigenvalue weighted by molar-refractivity contribution is 5.26. The molecule has 1 aliphatic rings. The number of hydrogen-bond donors (Lipinski definition) is 2. The van der Waals surface area contributed by atoms with Gasteiger partial charge in [0.05, 0.1) is 6.61 Å².